The number of allylic oxidation sites excluding steroid dienone is 12. The fourth-order valence-corrected chi connectivity index (χ4v) is 8.31. The van der Waals surface area contributed by atoms with Gasteiger partial charge in [-0.15, -0.1) is 0 Å². The van der Waals surface area contributed by atoms with Crippen molar-refractivity contribution in [1.29, 1.82) is 0 Å². The SMILES string of the molecule is CC/C=C\C/C=C\C/C=C\C/C=C\C/C=C\C/C=C\CCCCCCCCCCCCCCC(=O)NC(CO)C(O)CCCCCCCCCCCCCCCCCCCCCC. The zero-order valence-corrected chi connectivity index (χ0v) is 42.1. The van der Waals surface area contributed by atoms with E-state index in [1.54, 1.807) is 0 Å². The molecule has 2 atom stereocenters. The van der Waals surface area contributed by atoms with E-state index in [9.17, 15) is 15.0 Å². The van der Waals surface area contributed by atoms with Crippen molar-refractivity contribution in [3.05, 3.63) is 72.9 Å². The number of hydrogen-bond acceptors (Lipinski definition) is 3. The summed E-state index contributed by atoms with van der Waals surface area (Å²) in [5.74, 6) is -0.0334. The summed E-state index contributed by atoms with van der Waals surface area (Å²) in [5.41, 5.74) is 0. The molecule has 0 spiro atoms. The average molecular weight is 879 g/mol. The largest absolute Gasteiger partial charge is 0.394 e. The highest BCUT2D eigenvalue weighted by molar-refractivity contribution is 5.76. The fraction of sp³-hybridized carbons (Fsp3) is 0.780. The van der Waals surface area contributed by atoms with Crippen molar-refractivity contribution < 1.29 is 15.0 Å². The molecule has 0 saturated carbocycles. The summed E-state index contributed by atoms with van der Waals surface area (Å²) in [6.45, 7) is 4.26. The normalized spacial score (nSPS) is 13.4. The number of aliphatic hydroxyl groups excluding tert-OH is 2. The number of hydrogen-bond donors (Lipinski definition) is 3. The van der Waals surface area contributed by atoms with Gasteiger partial charge in [-0.25, -0.2) is 0 Å². The molecule has 0 bridgehead atoms. The van der Waals surface area contributed by atoms with Gasteiger partial charge in [-0.05, 0) is 64.2 Å². The monoisotopic (exact) mass is 878 g/mol. The molecule has 0 radical (unpaired) electrons. The van der Waals surface area contributed by atoms with E-state index in [1.807, 2.05) is 0 Å². The summed E-state index contributed by atoms with van der Waals surface area (Å²) in [6, 6.07) is -0.541. The third kappa shape index (κ3) is 50.7. The predicted molar refractivity (Wildman–Crippen MR) is 281 cm³/mol. The first-order valence-electron chi connectivity index (χ1n) is 27.6. The number of carbonyl (C=O) groups excluding carboxylic acids is 1. The third-order valence-corrected chi connectivity index (χ3v) is 12.5. The van der Waals surface area contributed by atoms with Crippen molar-refractivity contribution in [2.45, 2.75) is 289 Å². The molecule has 0 saturated heterocycles. The second kappa shape index (κ2) is 54.2. The molecule has 366 valence electrons. The molecule has 3 N–H and O–H groups in total. The topological polar surface area (TPSA) is 69.6 Å². The van der Waals surface area contributed by atoms with Crippen LogP contribution in [0.2, 0.25) is 0 Å². The van der Waals surface area contributed by atoms with E-state index >= 15 is 0 Å². The van der Waals surface area contributed by atoms with Gasteiger partial charge in [0.25, 0.3) is 0 Å². The molecular weight excluding hydrogens is 771 g/mol. The van der Waals surface area contributed by atoms with Crippen LogP contribution in [-0.4, -0.2) is 34.9 Å². The van der Waals surface area contributed by atoms with E-state index in [0.717, 1.165) is 64.2 Å². The minimum atomic E-state index is -0.664. The molecule has 0 heterocycles. The van der Waals surface area contributed by atoms with Gasteiger partial charge in [-0.2, -0.15) is 0 Å². The average Bonchev–Trinajstić information content (AvgIpc) is 3.29. The molecular formula is C59H107NO3. The Balaban J connectivity index is 3.50. The minimum absolute atomic E-state index is 0.0334. The van der Waals surface area contributed by atoms with E-state index in [-0.39, 0.29) is 12.5 Å². The molecule has 0 aliphatic carbocycles. The number of rotatable bonds is 50. The molecule has 1 amide bonds. The number of amides is 1. The minimum Gasteiger partial charge on any atom is -0.394 e. The zero-order valence-electron chi connectivity index (χ0n) is 42.1. The molecule has 0 aromatic rings. The Labute approximate surface area is 393 Å². The first kappa shape index (κ1) is 60.8. The lowest BCUT2D eigenvalue weighted by atomic mass is 10.0. The van der Waals surface area contributed by atoms with Crippen molar-refractivity contribution >= 4 is 5.91 Å². The highest BCUT2D eigenvalue weighted by Crippen LogP contribution is 2.17. The van der Waals surface area contributed by atoms with Gasteiger partial charge < -0.3 is 15.5 Å². The maximum atomic E-state index is 12.5. The quantitative estimate of drug-likeness (QED) is 0.0421. The smallest absolute Gasteiger partial charge is 0.220 e. The maximum Gasteiger partial charge on any atom is 0.220 e. The molecule has 0 aromatic carbocycles. The summed E-state index contributed by atoms with van der Waals surface area (Å²) < 4.78 is 0. The van der Waals surface area contributed by atoms with Crippen molar-refractivity contribution in [3.8, 4) is 0 Å². The molecule has 0 aliphatic heterocycles. The summed E-state index contributed by atoms with van der Waals surface area (Å²) in [7, 11) is 0. The summed E-state index contributed by atoms with van der Waals surface area (Å²) in [5, 5.41) is 23.3. The number of unbranched alkanes of at least 4 members (excludes halogenated alkanes) is 31. The van der Waals surface area contributed by atoms with Gasteiger partial charge in [0.1, 0.15) is 0 Å². The van der Waals surface area contributed by atoms with Gasteiger partial charge in [0, 0.05) is 6.42 Å². The second-order valence-electron chi connectivity index (χ2n) is 18.6. The van der Waals surface area contributed by atoms with Crippen LogP contribution in [0.4, 0.5) is 0 Å². The van der Waals surface area contributed by atoms with Crippen LogP contribution >= 0.6 is 0 Å². The molecule has 4 nitrogen and oxygen atoms in total. The Kier molecular flexibility index (Phi) is 52.3. The van der Waals surface area contributed by atoms with Crippen LogP contribution in [0.3, 0.4) is 0 Å². The van der Waals surface area contributed by atoms with Crippen LogP contribution in [0.5, 0.6) is 0 Å². The van der Waals surface area contributed by atoms with Crippen LogP contribution in [0, 0.1) is 0 Å². The Morgan fingerprint density at radius 2 is 0.698 bits per heavy atom. The predicted octanol–water partition coefficient (Wildman–Crippen LogP) is 18.2. The van der Waals surface area contributed by atoms with Gasteiger partial charge in [-0.3, -0.25) is 4.79 Å². The Morgan fingerprint density at radius 3 is 1.05 bits per heavy atom. The number of nitrogens with one attached hydrogen (secondary N) is 1. The van der Waals surface area contributed by atoms with Crippen LogP contribution in [0.1, 0.15) is 277 Å². The van der Waals surface area contributed by atoms with Gasteiger partial charge in [-0.1, -0.05) is 279 Å². The first-order valence-corrected chi connectivity index (χ1v) is 27.6. The summed E-state index contributed by atoms with van der Waals surface area (Å²) in [4.78, 5) is 12.5. The zero-order chi connectivity index (χ0) is 45.6. The van der Waals surface area contributed by atoms with Crippen molar-refractivity contribution in [2.24, 2.45) is 0 Å². The molecule has 0 rings (SSSR count). The fourth-order valence-electron chi connectivity index (χ4n) is 8.31. The van der Waals surface area contributed by atoms with E-state index in [1.165, 1.54) is 186 Å². The molecule has 63 heavy (non-hydrogen) atoms. The standard InChI is InChI=1S/C59H107NO3/c1-3-5-7-9-11-13-15-17-19-21-23-25-26-27-28-29-30-31-32-33-34-35-37-39-41-43-45-47-49-51-53-55-59(63)60-57(56-61)58(62)54-52-50-48-46-44-42-40-38-36-24-22-20-18-16-14-12-10-8-6-4-2/h5,7,11,13,17,19,23,25,27-28,30-31,57-58,61-62H,3-4,6,8-10,12,14-16,18,20-22,24,26,29,32-56H2,1-2H3,(H,60,63)/b7-5-,13-11-,19-17-,25-23-,28-27-,31-30-. The van der Waals surface area contributed by atoms with Crippen molar-refractivity contribution in [3.63, 3.8) is 0 Å². The van der Waals surface area contributed by atoms with Crippen LogP contribution in [0.15, 0.2) is 72.9 Å². The summed E-state index contributed by atoms with van der Waals surface area (Å²) in [6.07, 6.45) is 77.3. The Bertz CT molecular complexity index is 1090. The highest BCUT2D eigenvalue weighted by atomic mass is 16.3. The lowest BCUT2D eigenvalue weighted by molar-refractivity contribution is -0.123. The Morgan fingerprint density at radius 1 is 0.397 bits per heavy atom. The summed E-state index contributed by atoms with van der Waals surface area (Å²) >= 11 is 0. The molecule has 0 aliphatic rings. The van der Waals surface area contributed by atoms with Gasteiger partial charge >= 0.3 is 0 Å². The first-order chi connectivity index (χ1) is 31.2. The second-order valence-corrected chi connectivity index (χ2v) is 18.6. The third-order valence-electron chi connectivity index (χ3n) is 12.5. The van der Waals surface area contributed by atoms with Gasteiger partial charge in [0.05, 0.1) is 18.8 Å². The van der Waals surface area contributed by atoms with E-state index in [2.05, 4.69) is 92.1 Å². The lowest BCUT2D eigenvalue weighted by Gasteiger charge is -2.22. The molecule has 0 aromatic heterocycles. The van der Waals surface area contributed by atoms with Crippen LogP contribution < -0.4 is 5.32 Å². The Hall–Kier alpha value is -2.17. The maximum absolute atomic E-state index is 12.5. The number of aliphatic hydroxyl groups is 2. The van der Waals surface area contributed by atoms with Crippen molar-refractivity contribution in [2.75, 3.05) is 6.61 Å². The highest BCUT2D eigenvalue weighted by Gasteiger charge is 2.20. The van der Waals surface area contributed by atoms with E-state index in [4.69, 9.17) is 0 Å². The van der Waals surface area contributed by atoms with Crippen LogP contribution in [0.25, 0.3) is 0 Å². The van der Waals surface area contributed by atoms with Gasteiger partial charge in [0.15, 0.2) is 0 Å². The van der Waals surface area contributed by atoms with Crippen LogP contribution in [-0.2, 0) is 4.79 Å². The molecule has 2 unspecified atom stereocenters. The van der Waals surface area contributed by atoms with Crippen molar-refractivity contribution in [1.82, 2.24) is 5.32 Å². The van der Waals surface area contributed by atoms with E-state index in [0.29, 0.717) is 12.8 Å². The van der Waals surface area contributed by atoms with E-state index < -0.39 is 12.1 Å². The number of carbonyl (C=O) groups is 1. The lowest BCUT2D eigenvalue weighted by Crippen LogP contribution is -2.45. The molecule has 4 heteroatoms. The molecule has 0 fully saturated rings. The van der Waals surface area contributed by atoms with Gasteiger partial charge in [0.2, 0.25) is 5.91 Å².